The Bertz CT molecular complexity index is 700. The van der Waals surface area contributed by atoms with Crippen LogP contribution in [0.15, 0.2) is 40.3 Å². The predicted molar refractivity (Wildman–Crippen MR) is 80.3 cm³/mol. The van der Waals surface area contributed by atoms with Crippen molar-refractivity contribution in [3.05, 3.63) is 47.2 Å². The lowest BCUT2D eigenvalue weighted by molar-refractivity contribution is 0.0692. The number of aromatic nitrogens is 1. The number of carbonyl (C=O) groups is 1. The first-order valence-electron chi connectivity index (χ1n) is 6.75. The number of benzene rings is 1. The number of aromatic carboxylic acids is 1. The van der Waals surface area contributed by atoms with Gasteiger partial charge in [0.15, 0.2) is 0 Å². The van der Waals surface area contributed by atoms with E-state index in [0.717, 1.165) is 41.2 Å². The molecule has 2 aromatic rings. The molecular weight excluding hydrogens is 286 g/mol. The third-order valence-electron chi connectivity index (χ3n) is 3.50. The van der Waals surface area contributed by atoms with E-state index >= 15 is 0 Å². The summed E-state index contributed by atoms with van der Waals surface area (Å²) < 4.78 is 5.19. The number of hydrogen-bond acceptors (Lipinski definition) is 4. The van der Waals surface area contributed by atoms with Gasteiger partial charge in [0.1, 0.15) is 10.8 Å². The van der Waals surface area contributed by atoms with Crippen molar-refractivity contribution in [1.29, 1.82) is 0 Å². The SMILES string of the molecule is COc1cccc(Sc2nc3c(cc2C(=O)O)CCC3)c1. The summed E-state index contributed by atoms with van der Waals surface area (Å²) in [4.78, 5) is 16.9. The molecule has 0 unspecified atom stereocenters. The summed E-state index contributed by atoms with van der Waals surface area (Å²) in [7, 11) is 1.61. The number of rotatable bonds is 4. The van der Waals surface area contributed by atoms with Gasteiger partial charge in [-0.25, -0.2) is 9.78 Å². The Labute approximate surface area is 127 Å². The molecule has 21 heavy (non-hydrogen) atoms. The lowest BCUT2D eigenvalue weighted by atomic mass is 10.1. The van der Waals surface area contributed by atoms with Crippen LogP contribution in [0.2, 0.25) is 0 Å². The molecule has 1 N–H and O–H groups in total. The van der Waals surface area contributed by atoms with Gasteiger partial charge in [0.2, 0.25) is 0 Å². The molecule has 0 atom stereocenters. The first-order chi connectivity index (χ1) is 10.2. The standard InChI is InChI=1S/C16H15NO3S/c1-20-11-5-3-6-12(9-11)21-15-13(16(18)19)8-10-4-2-7-14(10)17-15/h3,5-6,8-9H,2,4,7H2,1H3,(H,18,19). The van der Waals surface area contributed by atoms with Gasteiger partial charge in [-0.2, -0.15) is 0 Å². The van der Waals surface area contributed by atoms with Crippen molar-refractivity contribution in [2.75, 3.05) is 7.11 Å². The summed E-state index contributed by atoms with van der Waals surface area (Å²) in [5.74, 6) is -0.180. The first-order valence-corrected chi connectivity index (χ1v) is 7.57. The highest BCUT2D eigenvalue weighted by atomic mass is 32.2. The summed E-state index contributed by atoms with van der Waals surface area (Å²) >= 11 is 1.37. The van der Waals surface area contributed by atoms with E-state index in [0.29, 0.717) is 5.03 Å². The van der Waals surface area contributed by atoms with Gasteiger partial charge in [-0.05, 0) is 49.1 Å². The first kappa shape index (κ1) is 13.9. The van der Waals surface area contributed by atoms with Crippen molar-refractivity contribution in [2.24, 2.45) is 0 Å². The fourth-order valence-electron chi connectivity index (χ4n) is 2.46. The van der Waals surface area contributed by atoms with Crippen molar-refractivity contribution < 1.29 is 14.6 Å². The minimum absolute atomic E-state index is 0.281. The summed E-state index contributed by atoms with van der Waals surface area (Å²) in [6, 6.07) is 9.33. The number of hydrogen-bond donors (Lipinski definition) is 1. The van der Waals surface area contributed by atoms with Gasteiger partial charge in [0.25, 0.3) is 0 Å². The number of aryl methyl sites for hydroxylation is 2. The molecule has 1 aromatic carbocycles. The van der Waals surface area contributed by atoms with Gasteiger partial charge < -0.3 is 9.84 Å². The Morgan fingerprint density at radius 2 is 2.19 bits per heavy atom. The second-order valence-corrected chi connectivity index (χ2v) is 5.95. The van der Waals surface area contributed by atoms with Crippen LogP contribution in [0.5, 0.6) is 5.75 Å². The lowest BCUT2D eigenvalue weighted by Crippen LogP contribution is -2.04. The summed E-state index contributed by atoms with van der Waals surface area (Å²) in [6.07, 6.45) is 2.91. The average Bonchev–Trinajstić information content (AvgIpc) is 2.93. The zero-order valence-corrected chi connectivity index (χ0v) is 12.4. The quantitative estimate of drug-likeness (QED) is 0.937. The van der Waals surface area contributed by atoms with Gasteiger partial charge in [-0.3, -0.25) is 0 Å². The molecule has 5 heteroatoms. The Balaban J connectivity index is 1.99. The topological polar surface area (TPSA) is 59.4 Å². The van der Waals surface area contributed by atoms with Crippen LogP contribution in [0.25, 0.3) is 0 Å². The molecule has 0 spiro atoms. The van der Waals surface area contributed by atoms with E-state index in [4.69, 9.17) is 4.74 Å². The van der Waals surface area contributed by atoms with Crippen molar-refractivity contribution in [1.82, 2.24) is 4.98 Å². The van der Waals surface area contributed by atoms with Crippen LogP contribution in [0.3, 0.4) is 0 Å². The Kier molecular flexibility index (Phi) is 3.84. The molecule has 0 amide bonds. The molecule has 1 heterocycles. The van der Waals surface area contributed by atoms with Gasteiger partial charge in [0, 0.05) is 10.6 Å². The van der Waals surface area contributed by atoms with E-state index in [1.807, 2.05) is 24.3 Å². The molecule has 0 bridgehead atoms. The van der Waals surface area contributed by atoms with Gasteiger partial charge in [-0.15, -0.1) is 0 Å². The number of methoxy groups -OCH3 is 1. The third-order valence-corrected chi connectivity index (χ3v) is 4.50. The Morgan fingerprint density at radius 1 is 1.33 bits per heavy atom. The molecule has 0 radical (unpaired) electrons. The second kappa shape index (κ2) is 5.77. The highest BCUT2D eigenvalue weighted by molar-refractivity contribution is 7.99. The van der Waals surface area contributed by atoms with Crippen molar-refractivity contribution in [3.8, 4) is 5.75 Å². The zero-order chi connectivity index (χ0) is 14.8. The zero-order valence-electron chi connectivity index (χ0n) is 11.6. The number of pyridine rings is 1. The maximum Gasteiger partial charge on any atom is 0.338 e. The van der Waals surface area contributed by atoms with Gasteiger partial charge >= 0.3 is 5.97 Å². The molecule has 0 fully saturated rings. The van der Waals surface area contributed by atoms with Gasteiger partial charge in [-0.1, -0.05) is 17.8 Å². The van der Waals surface area contributed by atoms with Crippen LogP contribution in [-0.2, 0) is 12.8 Å². The van der Waals surface area contributed by atoms with E-state index in [-0.39, 0.29) is 5.56 Å². The summed E-state index contributed by atoms with van der Waals surface area (Å²) in [6.45, 7) is 0. The van der Waals surface area contributed by atoms with E-state index in [1.165, 1.54) is 11.8 Å². The predicted octanol–water partition coefficient (Wildman–Crippen LogP) is 3.43. The average molecular weight is 301 g/mol. The van der Waals surface area contributed by atoms with Crippen LogP contribution in [0.4, 0.5) is 0 Å². The van der Waals surface area contributed by atoms with Crippen molar-refractivity contribution in [3.63, 3.8) is 0 Å². The molecule has 3 rings (SSSR count). The van der Waals surface area contributed by atoms with Gasteiger partial charge in [0.05, 0.1) is 12.7 Å². The van der Waals surface area contributed by atoms with Crippen molar-refractivity contribution >= 4 is 17.7 Å². The highest BCUT2D eigenvalue weighted by Crippen LogP contribution is 2.34. The Hall–Kier alpha value is -2.01. The monoisotopic (exact) mass is 301 g/mol. The van der Waals surface area contributed by atoms with Crippen LogP contribution in [-0.4, -0.2) is 23.2 Å². The number of fused-ring (bicyclic) bond motifs is 1. The smallest absolute Gasteiger partial charge is 0.338 e. The minimum Gasteiger partial charge on any atom is -0.497 e. The minimum atomic E-state index is -0.928. The molecule has 0 saturated heterocycles. The van der Waals surface area contributed by atoms with Crippen LogP contribution >= 0.6 is 11.8 Å². The highest BCUT2D eigenvalue weighted by Gasteiger charge is 2.20. The molecule has 1 aromatic heterocycles. The third kappa shape index (κ3) is 2.88. The Morgan fingerprint density at radius 3 is 2.95 bits per heavy atom. The second-order valence-electron chi connectivity index (χ2n) is 4.89. The molecule has 1 aliphatic rings. The number of carboxylic acid groups (broad SMARTS) is 1. The fourth-order valence-corrected chi connectivity index (χ4v) is 3.42. The van der Waals surface area contributed by atoms with E-state index in [2.05, 4.69) is 4.98 Å². The van der Waals surface area contributed by atoms with Crippen LogP contribution in [0.1, 0.15) is 28.0 Å². The van der Waals surface area contributed by atoms with E-state index in [9.17, 15) is 9.90 Å². The molecule has 0 saturated carbocycles. The van der Waals surface area contributed by atoms with E-state index in [1.54, 1.807) is 13.2 Å². The molecule has 108 valence electrons. The maximum atomic E-state index is 11.5. The van der Waals surface area contributed by atoms with Crippen LogP contribution in [0, 0.1) is 0 Å². The summed E-state index contributed by atoms with van der Waals surface area (Å²) in [5, 5.41) is 9.95. The summed E-state index contributed by atoms with van der Waals surface area (Å²) in [5.41, 5.74) is 2.39. The normalized spacial score (nSPS) is 13.0. The number of nitrogens with zero attached hydrogens (tertiary/aromatic N) is 1. The molecule has 1 aliphatic carbocycles. The fraction of sp³-hybridized carbons (Fsp3) is 0.250. The number of ether oxygens (including phenoxy) is 1. The van der Waals surface area contributed by atoms with E-state index < -0.39 is 5.97 Å². The molecule has 0 aliphatic heterocycles. The molecular formula is C16H15NO3S. The maximum absolute atomic E-state index is 11.5. The number of carboxylic acids is 1. The van der Waals surface area contributed by atoms with Crippen LogP contribution < -0.4 is 4.74 Å². The van der Waals surface area contributed by atoms with Crippen molar-refractivity contribution in [2.45, 2.75) is 29.2 Å². The molecule has 4 nitrogen and oxygen atoms in total. The lowest BCUT2D eigenvalue weighted by Gasteiger charge is -2.09. The largest absolute Gasteiger partial charge is 0.497 e.